The first-order valence-electron chi connectivity index (χ1n) is 8.33. The summed E-state index contributed by atoms with van der Waals surface area (Å²) in [5.74, 6) is 0.549. The van der Waals surface area contributed by atoms with E-state index in [9.17, 15) is 4.79 Å². The summed E-state index contributed by atoms with van der Waals surface area (Å²) in [6, 6.07) is 16.4. The van der Waals surface area contributed by atoms with Gasteiger partial charge in [-0.05, 0) is 43.3 Å². The van der Waals surface area contributed by atoms with Crippen LogP contribution in [0.5, 0.6) is 0 Å². The summed E-state index contributed by atoms with van der Waals surface area (Å²) in [5, 5.41) is 8.20. The van der Waals surface area contributed by atoms with Crippen molar-refractivity contribution in [3.63, 3.8) is 0 Å². The third-order valence-corrected chi connectivity index (χ3v) is 4.31. The van der Waals surface area contributed by atoms with Crippen LogP contribution in [0.25, 0.3) is 22.3 Å². The molecule has 134 valence electrons. The summed E-state index contributed by atoms with van der Waals surface area (Å²) in [6.07, 6.45) is 0. The Labute approximate surface area is 160 Å². The predicted molar refractivity (Wildman–Crippen MR) is 102 cm³/mol. The molecule has 27 heavy (non-hydrogen) atoms. The first kappa shape index (κ1) is 17.2. The van der Waals surface area contributed by atoms with Gasteiger partial charge in [-0.1, -0.05) is 35.0 Å². The molecule has 7 heteroatoms. The maximum absolute atomic E-state index is 12.7. The molecule has 0 saturated carbocycles. The molecule has 1 N–H and O–H groups in total. The average Bonchev–Trinajstić information content (AvgIpc) is 3.15. The summed E-state index contributed by atoms with van der Waals surface area (Å²) in [4.78, 5) is 21.4. The highest BCUT2D eigenvalue weighted by atomic mass is 35.5. The van der Waals surface area contributed by atoms with Crippen LogP contribution in [-0.4, -0.2) is 21.0 Å². The van der Waals surface area contributed by atoms with Gasteiger partial charge in [-0.3, -0.25) is 9.78 Å². The Balaban J connectivity index is 1.51. The van der Waals surface area contributed by atoms with E-state index in [0.717, 1.165) is 22.2 Å². The quantitative estimate of drug-likeness (QED) is 0.576. The molecule has 0 spiro atoms. The zero-order valence-corrected chi connectivity index (χ0v) is 15.2. The number of nitrogens with one attached hydrogen (secondary N) is 1. The van der Waals surface area contributed by atoms with Crippen molar-refractivity contribution in [2.75, 3.05) is 0 Å². The fourth-order valence-electron chi connectivity index (χ4n) is 2.79. The second kappa shape index (κ2) is 7.17. The lowest BCUT2D eigenvalue weighted by molar-refractivity contribution is 0.0948. The van der Waals surface area contributed by atoms with Crippen molar-refractivity contribution in [3.8, 4) is 11.4 Å². The molecule has 0 radical (unpaired) electrons. The lowest BCUT2D eigenvalue weighted by Crippen LogP contribution is -2.23. The lowest BCUT2D eigenvalue weighted by atomic mass is 10.1. The number of hydrogen-bond acceptors (Lipinski definition) is 5. The molecule has 4 aromatic rings. The van der Waals surface area contributed by atoms with Crippen molar-refractivity contribution < 1.29 is 9.32 Å². The van der Waals surface area contributed by atoms with Crippen LogP contribution in [0.1, 0.15) is 21.9 Å². The normalized spacial score (nSPS) is 10.9. The van der Waals surface area contributed by atoms with Crippen LogP contribution in [-0.2, 0) is 6.54 Å². The number of pyridine rings is 1. The zero-order valence-electron chi connectivity index (χ0n) is 14.4. The Morgan fingerprint density at radius 2 is 1.89 bits per heavy atom. The number of amides is 1. The standard InChI is InChI=1S/C20H15ClN4O2/c1-12-10-16(15-4-2-3-5-17(15)23-12)20(26)22-11-18-24-19(25-27-18)13-6-8-14(21)9-7-13/h2-10H,11H2,1H3,(H,22,26). The van der Waals surface area contributed by atoms with Gasteiger partial charge in [-0.25, -0.2) is 0 Å². The van der Waals surface area contributed by atoms with E-state index >= 15 is 0 Å². The maximum atomic E-state index is 12.7. The number of fused-ring (bicyclic) bond motifs is 1. The SMILES string of the molecule is Cc1cc(C(=O)NCc2nc(-c3ccc(Cl)cc3)no2)c2ccccc2n1. The van der Waals surface area contributed by atoms with Crippen molar-refractivity contribution in [1.29, 1.82) is 0 Å². The smallest absolute Gasteiger partial charge is 0.252 e. The Morgan fingerprint density at radius 3 is 2.70 bits per heavy atom. The fourth-order valence-corrected chi connectivity index (χ4v) is 2.92. The van der Waals surface area contributed by atoms with Crippen molar-refractivity contribution in [2.45, 2.75) is 13.5 Å². The molecule has 0 bridgehead atoms. The van der Waals surface area contributed by atoms with E-state index in [-0.39, 0.29) is 12.5 Å². The van der Waals surface area contributed by atoms with Crippen molar-refractivity contribution in [2.24, 2.45) is 0 Å². The highest BCUT2D eigenvalue weighted by Gasteiger charge is 2.14. The Hall–Kier alpha value is -3.25. The van der Waals surface area contributed by atoms with E-state index in [0.29, 0.717) is 22.3 Å². The number of carbonyl (C=O) groups is 1. The van der Waals surface area contributed by atoms with E-state index in [4.69, 9.17) is 16.1 Å². The average molecular weight is 379 g/mol. The van der Waals surface area contributed by atoms with Gasteiger partial charge in [0.1, 0.15) is 0 Å². The van der Waals surface area contributed by atoms with Crippen LogP contribution in [0.4, 0.5) is 0 Å². The van der Waals surface area contributed by atoms with Crippen molar-refractivity contribution in [3.05, 3.63) is 76.8 Å². The van der Waals surface area contributed by atoms with Crippen LogP contribution >= 0.6 is 11.6 Å². The van der Waals surface area contributed by atoms with Gasteiger partial charge in [0.25, 0.3) is 5.91 Å². The third kappa shape index (κ3) is 3.66. The summed E-state index contributed by atoms with van der Waals surface area (Å²) in [6.45, 7) is 1.99. The Kier molecular flexibility index (Phi) is 4.56. The molecule has 1 amide bonds. The van der Waals surface area contributed by atoms with Gasteiger partial charge in [0, 0.05) is 21.7 Å². The van der Waals surface area contributed by atoms with E-state index < -0.39 is 0 Å². The summed E-state index contributed by atoms with van der Waals surface area (Å²) < 4.78 is 5.23. The highest BCUT2D eigenvalue weighted by molar-refractivity contribution is 6.30. The van der Waals surface area contributed by atoms with E-state index in [1.807, 2.05) is 31.2 Å². The predicted octanol–water partition coefficient (Wildman–Crippen LogP) is 4.18. The lowest BCUT2D eigenvalue weighted by Gasteiger charge is -2.07. The minimum absolute atomic E-state index is 0.134. The molecular formula is C20H15ClN4O2. The van der Waals surface area contributed by atoms with Gasteiger partial charge in [-0.15, -0.1) is 0 Å². The number of carbonyl (C=O) groups excluding carboxylic acids is 1. The first-order valence-corrected chi connectivity index (χ1v) is 8.71. The summed E-state index contributed by atoms with van der Waals surface area (Å²) in [7, 11) is 0. The minimum atomic E-state index is -0.219. The molecule has 0 aliphatic heterocycles. The second-order valence-electron chi connectivity index (χ2n) is 6.03. The van der Waals surface area contributed by atoms with Gasteiger partial charge >= 0.3 is 0 Å². The highest BCUT2D eigenvalue weighted by Crippen LogP contribution is 2.20. The number of rotatable bonds is 4. The molecule has 0 unspecified atom stereocenters. The van der Waals surface area contributed by atoms with Crippen LogP contribution in [0.2, 0.25) is 5.02 Å². The molecule has 0 fully saturated rings. The Bertz CT molecular complexity index is 1120. The van der Waals surface area contributed by atoms with Crippen molar-refractivity contribution in [1.82, 2.24) is 20.4 Å². The Morgan fingerprint density at radius 1 is 1.11 bits per heavy atom. The number of benzene rings is 2. The van der Waals surface area contributed by atoms with Gasteiger partial charge < -0.3 is 9.84 Å². The monoisotopic (exact) mass is 378 g/mol. The minimum Gasteiger partial charge on any atom is -0.343 e. The van der Waals surface area contributed by atoms with Gasteiger partial charge in [0.05, 0.1) is 17.6 Å². The number of hydrogen-bond donors (Lipinski definition) is 1. The van der Waals surface area contributed by atoms with Crippen molar-refractivity contribution >= 4 is 28.4 Å². The van der Waals surface area contributed by atoms with Crippen LogP contribution in [0.15, 0.2) is 59.1 Å². The number of para-hydroxylation sites is 1. The molecule has 2 heterocycles. The molecular weight excluding hydrogens is 364 g/mol. The van der Waals surface area contributed by atoms with Gasteiger partial charge in [0.15, 0.2) is 0 Å². The third-order valence-electron chi connectivity index (χ3n) is 4.06. The fraction of sp³-hybridized carbons (Fsp3) is 0.100. The molecule has 4 rings (SSSR count). The molecule has 6 nitrogen and oxygen atoms in total. The molecule has 0 aliphatic rings. The van der Waals surface area contributed by atoms with Crippen LogP contribution < -0.4 is 5.32 Å². The van der Waals surface area contributed by atoms with Gasteiger partial charge in [-0.2, -0.15) is 4.98 Å². The molecule has 0 atom stereocenters. The number of aromatic nitrogens is 3. The van der Waals surface area contributed by atoms with E-state index in [1.165, 1.54) is 0 Å². The number of halogens is 1. The van der Waals surface area contributed by atoms with Crippen LogP contribution in [0.3, 0.4) is 0 Å². The first-order chi connectivity index (χ1) is 13.1. The molecule has 2 aromatic carbocycles. The van der Waals surface area contributed by atoms with E-state index in [1.54, 1.807) is 30.3 Å². The number of aryl methyl sites for hydroxylation is 1. The second-order valence-corrected chi connectivity index (χ2v) is 6.47. The maximum Gasteiger partial charge on any atom is 0.252 e. The summed E-state index contributed by atoms with van der Waals surface area (Å²) >= 11 is 5.88. The topological polar surface area (TPSA) is 80.9 Å². The summed E-state index contributed by atoms with van der Waals surface area (Å²) in [5.41, 5.74) is 2.92. The molecule has 0 aliphatic carbocycles. The molecule has 0 saturated heterocycles. The largest absolute Gasteiger partial charge is 0.343 e. The number of nitrogens with zero attached hydrogens (tertiary/aromatic N) is 3. The van der Waals surface area contributed by atoms with Crippen LogP contribution in [0, 0.1) is 6.92 Å². The van der Waals surface area contributed by atoms with E-state index in [2.05, 4.69) is 20.4 Å². The zero-order chi connectivity index (χ0) is 18.8. The van der Waals surface area contributed by atoms with Gasteiger partial charge in [0.2, 0.25) is 11.7 Å². The molecule has 2 aromatic heterocycles.